The van der Waals surface area contributed by atoms with E-state index in [1.807, 2.05) is 32.4 Å². The molecule has 0 saturated heterocycles. The molecule has 0 radical (unpaired) electrons. The summed E-state index contributed by atoms with van der Waals surface area (Å²) in [6.45, 7) is 6.35. The standard InChI is InChI=1S/C26H31N5O/c1-5-21(16-32)28-24-15-23(25-26(29-24)31(17-27-25)18(2)3)30(4)22-13-11-20(12-14-22)19-9-7-6-8-10-19/h6-15,17-18,21,32H,5,16H2,1-4H3,(H,28,29)/t21-/m1/s1. The molecule has 2 N–H and O–H groups in total. The number of hydrogen-bond donors (Lipinski definition) is 2. The van der Waals surface area contributed by atoms with E-state index in [0.29, 0.717) is 0 Å². The van der Waals surface area contributed by atoms with E-state index in [9.17, 15) is 5.11 Å². The quantitative estimate of drug-likeness (QED) is 0.380. The van der Waals surface area contributed by atoms with Crippen LogP contribution >= 0.6 is 0 Å². The van der Waals surface area contributed by atoms with Crippen molar-refractivity contribution in [1.29, 1.82) is 0 Å². The van der Waals surface area contributed by atoms with E-state index in [4.69, 9.17) is 9.97 Å². The lowest BCUT2D eigenvalue weighted by atomic mass is 10.1. The number of hydrogen-bond acceptors (Lipinski definition) is 5. The average Bonchev–Trinajstić information content (AvgIpc) is 3.26. The number of pyridine rings is 1. The number of anilines is 3. The summed E-state index contributed by atoms with van der Waals surface area (Å²) in [5.74, 6) is 0.739. The number of nitrogens with one attached hydrogen (secondary N) is 1. The minimum Gasteiger partial charge on any atom is -0.394 e. The molecule has 2 aromatic heterocycles. The molecule has 2 heterocycles. The molecule has 32 heavy (non-hydrogen) atoms. The van der Waals surface area contributed by atoms with E-state index in [1.54, 1.807) is 0 Å². The molecule has 6 nitrogen and oxygen atoms in total. The molecule has 1 atom stereocenters. The highest BCUT2D eigenvalue weighted by Gasteiger charge is 2.18. The lowest BCUT2D eigenvalue weighted by Gasteiger charge is -2.23. The van der Waals surface area contributed by atoms with Gasteiger partial charge in [0.15, 0.2) is 5.65 Å². The van der Waals surface area contributed by atoms with Gasteiger partial charge in [-0.25, -0.2) is 9.97 Å². The maximum atomic E-state index is 9.66. The molecule has 0 bridgehead atoms. The Morgan fingerprint density at radius 2 is 1.72 bits per heavy atom. The first kappa shape index (κ1) is 21.8. The van der Waals surface area contributed by atoms with Crippen LogP contribution < -0.4 is 10.2 Å². The molecule has 4 rings (SSSR count). The molecule has 4 aromatic rings. The first-order valence-corrected chi connectivity index (χ1v) is 11.2. The van der Waals surface area contributed by atoms with E-state index in [2.05, 4.69) is 77.2 Å². The fraction of sp³-hybridized carbons (Fsp3) is 0.308. The Balaban J connectivity index is 1.74. The summed E-state index contributed by atoms with van der Waals surface area (Å²) >= 11 is 0. The summed E-state index contributed by atoms with van der Waals surface area (Å²) in [6, 6.07) is 21.1. The molecule has 0 aliphatic carbocycles. The summed E-state index contributed by atoms with van der Waals surface area (Å²) in [6.07, 6.45) is 2.66. The van der Waals surface area contributed by atoms with Crippen LogP contribution in [0.4, 0.5) is 17.2 Å². The van der Waals surface area contributed by atoms with Gasteiger partial charge in [-0.2, -0.15) is 0 Å². The SMILES string of the molecule is CC[C@H](CO)Nc1cc(N(C)c2ccc(-c3ccccc3)cc2)c2ncn(C(C)C)c2n1. The first-order chi connectivity index (χ1) is 15.5. The van der Waals surface area contributed by atoms with Crippen molar-refractivity contribution >= 4 is 28.4 Å². The van der Waals surface area contributed by atoms with E-state index < -0.39 is 0 Å². The predicted molar refractivity (Wildman–Crippen MR) is 133 cm³/mol. The molecule has 2 aromatic carbocycles. The Labute approximate surface area is 189 Å². The van der Waals surface area contributed by atoms with Crippen LogP contribution in [0.2, 0.25) is 0 Å². The van der Waals surface area contributed by atoms with Gasteiger partial charge in [0, 0.05) is 24.8 Å². The van der Waals surface area contributed by atoms with E-state index >= 15 is 0 Å². The lowest BCUT2D eigenvalue weighted by Crippen LogP contribution is -2.23. The van der Waals surface area contributed by atoms with Crippen molar-refractivity contribution in [3.05, 3.63) is 67.0 Å². The molecule has 0 aliphatic rings. The highest BCUT2D eigenvalue weighted by Crippen LogP contribution is 2.34. The van der Waals surface area contributed by atoms with Gasteiger partial charge in [-0.3, -0.25) is 0 Å². The smallest absolute Gasteiger partial charge is 0.164 e. The molecule has 0 fully saturated rings. The number of aliphatic hydroxyl groups excluding tert-OH is 1. The zero-order chi connectivity index (χ0) is 22.7. The van der Waals surface area contributed by atoms with Crippen LogP contribution in [-0.2, 0) is 0 Å². The van der Waals surface area contributed by atoms with Crippen LogP contribution in [0.25, 0.3) is 22.3 Å². The summed E-state index contributed by atoms with van der Waals surface area (Å²) in [5, 5.41) is 13.0. The third-order valence-electron chi connectivity index (χ3n) is 5.85. The molecular weight excluding hydrogens is 398 g/mol. The summed E-state index contributed by atoms with van der Waals surface area (Å²) in [4.78, 5) is 11.7. The monoisotopic (exact) mass is 429 g/mol. The fourth-order valence-corrected chi connectivity index (χ4v) is 3.83. The van der Waals surface area contributed by atoms with Gasteiger partial charge in [-0.05, 0) is 43.5 Å². The van der Waals surface area contributed by atoms with E-state index in [1.165, 1.54) is 11.1 Å². The molecule has 166 valence electrons. The number of benzene rings is 2. The summed E-state index contributed by atoms with van der Waals surface area (Å²) in [7, 11) is 2.05. The number of fused-ring (bicyclic) bond motifs is 1. The second-order valence-corrected chi connectivity index (χ2v) is 8.35. The summed E-state index contributed by atoms with van der Waals surface area (Å²) < 4.78 is 2.08. The first-order valence-electron chi connectivity index (χ1n) is 11.2. The minimum absolute atomic E-state index is 0.0429. The van der Waals surface area contributed by atoms with Gasteiger partial charge in [0.25, 0.3) is 0 Å². The van der Waals surface area contributed by atoms with Crippen molar-refractivity contribution < 1.29 is 5.11 Å². The molecule has 6 heteroatoms. The normalized spacial score (nSPS) is 12.3. The van der Waals surface area contributed by atoms with Crippen molar-refractivity contribution in [3.63, 3.8) is 0 Å². The summed E-state index contributed by atoms with van der Waals surface area (Å²) in [5.41, 5.74) is 6.11. The Bertz CT molecular complexity index is 1160. The Hall–Kier alpha value is -3.38. The van der Waals surface area contributed by atoms with Gasteiger partial charge in [0.2, 0.25) is 0 Å². The van der Waals surface area contributed by atoms with Crippen LogP contribution in [0, 0.1) is 0 Å². The predicted octanol–water partition coefficient (Wildman–Crippen LogP) is 5.63. The topological polar surface area (TPSA) is 66.2 Å². The second-order valence-electron chi connectivity index (χ2n) is 8.35. The van der Waals surface area contributed by atoms with E-state index in [-0.39, 0.29) is 18.7 Å². The number of rotatable bonds is 8. The van der Waals surface area contributed by atoms with Crippen molar-refractivity contribution in [2.24, 2.45) is 0 Å². The Kier molecular flexibility index (Phi) is 6.42. The minimum atomic E-state index is -0.0429. The van der Waals surface area contributed by atoms with Crippen molar-refractivity contribution in [3.8, 4) is 11.1 Å². The third-order valence-corrected chi connectivity index (χ3v) is 5.85. The molecule has 0 amide bonds. The third kappa shape index (κ3) is 4.32. The van der Waals surface area contributed by atoms with Gasteiger partial charge >= 0.3 is 0 Å². The van der Waals surface area contributed by atoms with Gasteiger partial charge in [0.1, 0.15) is 11.3 Å². The van der Waals surface area contributed by atoms with Gasteiger partial charge in [-0.1, -0.05) is 49.4 Å². The number of nitrogens with zero attached hydrogens (tertiary/aromatic N) is 4. The van der Waals surface area contributed by atoms with E-state index in [0.717, 1.165) is 34.8 Å². The maximum absolute atomic E-state index is 9.66. The van der Waals surface area contributed by atoms with Crippen LogP contribution in [0.1, 0.15) is 33.2 Å². The number of aromatic nitrogens is 3. The lowest BCUT2D eigenvalue weighted by molar-refractivity contribution is 0.271. The number of aliphatic hydroxyl groups is 1. The van der Waals surface area contributed by atoms with Gasteiger partial charge < -0.3 is 19.9 Å². The average molecular weight is 430 g/mol. The largest absolute Gasteiger partial charge is 0.394 e. The fourth-order valence-electron chi connectivity index (χ4n) is 3.83. The molecule has 0 aliphatic heterocycles. The van der Waals surface area contributed by atoms with Crippen LogP contribution in [0.5, 0.6) is 0 Å². The highest BCUT2D eigenvalue weighted by atomic mass is 16.3. The van der Waals surface area contributed by atoms with Crippen LogP contribution in [0.3, 0.4) is 0 Å². The zero-order valence-electron chi connectivity index (χ0n) is 19.2. The Morgan fingerprint density at radius 1 is 1.03 bits per heavy atom. The van der Waals surface area contributed by atoms with Crippen molar-refractivity contribution in [1.82, 2.24) is 14.5 Å². The van der Waals surface area contributed by atoms with Gasteiger partial charge in [-0.15, -0.1) is 0 Å². The zero-order valence-corrected chi connectivity index (χ0v) is 19.2. The second kappa shape index (κ2) is 9.40. The van der Waals surface area contributed by atoms with Gasteiger partial charge in [0.05, 0.1) is 24.7 Å². The highest BCUT2D eigenvalue weighted by molar-refractivity contribution is 5.91. The van der Waals surface area contributed by atoms with Crippen LogP contribution in [0.15, 0.2) is 67.0 Å². The Morgan fingerprint density at radius 3 is 2.34 bits per heavy atom. The van der Waals surface area contributed by atoms with Crippen molar-refractivity contribution in [2.45, 2.75) is 39.3 Å². The maximum Gasteiger partial charge on any atom is 0.164 e. The molecule has 0 saturated carbocycles. The van der Waals surface area contributed by atoms with Crippen molar-refractivity contribution in [2.75, 3.05) is 23.9 Å². The van der Waals surface area contributed by atoms with Crippen LogP contribution in [-0.4, -0.2) is 39.3 Å². The number of imidazole rings is 1. The molecule has 0 unspecified atom stereocenters. The molecular formula is C26H31N5O. The molecule has 0 spiro atoms.